The van der Waals surface area contributed by atoms with Gasteiger partial charge in [-0.25, -0.2) is 0 Å². The Morgan fingerprint density at radius 2 is 2.20 bits per heavy atom. The highest BCUT2D eigenvalue weighted by atomic mass is 35.5. The van der Waals surface area contributed by atoms with Gasteiger partial charge in [-0.2, -0.15) is 5.10 Å². The lowest BCUT2D eigenvalue weighted by Crippen LogP contribution is -2.13. The van der Waals surface area contributed by atoms with Gasteiger partial charge in [0.05, 0.1) is 5.69 Å². The number of halogens is 1. The van der Waals surface area contributed by atoms with Gasteiger partial charge in [-0.1, -0.05) is 25.4 Å². The highest BCUT2D eigenvalue weighted by Crippen LogP contribution is 2.20. The summed E-state index contributed by atoms with van der Waals surface area (Å²) >= 11 is 6.05. The van der Waals surface area contributed by atoms with E-state index >= 15 is 0 Å². The molecular weight excluding hydrogens is 212 g/mol. The predicted octanol–water partition coefficient (Wildman–Crippen LogP) is 2.54. The molecule has 0 aliphatic rings. The molecule has 0 spiro atoms. The summed E-state index contributed by atoms with van der Waals surface area (Å²) in [6.07, 6.45) is 1.27. The van der Waals surface area contributed by atoms with Crippen LogP contribution < -0.4 is 0 Å². The van der Waals surface area contributed by atoms with Crippen LogP contribution in [0.5, 0.6) is 0 Å². The summed E-state index contributed by atoms with van der Waals surface area (Å²) in [5, 5.41) is 4.75. The van der Waals surface area contributed by atoms with Crippen molar-refractivity contribution in [2.75, 3.05) is 0 Å². The molecule has 0 saturated carbocycles. The summed E-state index contributed by atoms with van der Waals surface area (Å²) in [6, 6.07) is 0. The standard InChI is InChI=1S/C11H17ClN2O/c1-5-7(2)10(15)6-9-8(3)13-14(4)11(9)12/h7H,5-6H2,1-4H3. The number of aryl methyl sites for hydroxylation is 2. The van der Waals surface area contributed by atoms with Gasteiger partial charge < -0.3 is 0 Å². The zero-order valence-electron chi connectivity index (χ0n) is 9.67. The average Bonchev–Trinajstić information content (AvgIpc) is 2.43. The van der Waals surface area contributed by atoms with E-state index in [1.165, 1.54) is 0 Å². The maximum Gasteiger partial charge on any atom is 0.140 e. The first-order valence-electron chi connectivity index (χ1n) is 5.18. The van der Waals surface area contributed by atoms with Crippen molar-refractivity contribution >= 4 is 17.4 Å². The average molecular weight is 229 g/mol. The zero-order chi connectivity index (χ0) is 11.6. The van der Waals surface area contributed by atoms with Crippen LogP contribution in [0.3, 0.4) is 0 Å². The van der Waals surface area contributed by atoms with Crippen LogP contribution in [0.25, 0.3) is 0 Å². The fourth-order valence-corrected chi connectivity index (χ4v) is 1.69. The Hall–Kier alpha value is -0.830. The van der Waals surface area contributed by atoms with E-state index in [1.807, 2.05) is 20.8 Å². The Labute approximate surface area is 95.4 Å². The number of rotatable bonds is 4. The second kappa shape index (κ2) is 4.79. The molecule has 0 amide bonds. The van der Waals surface area contributed by atoms with Crippen molar-refractivity contribution in [2.45, 2.75) is 33.6 Å². The maximum atomic E-state index is 11.8. The summed E-state index contributed by atoms with van der Waals surface area (Å²) in [5.41, 5.74) is 1.71. The maximum absolute atomic E-state index is 11.8. The highest BCUT2D eigenvalue weighted by Gasteiger charge is 2.17. The summed E-state index contributed by atoms with van der Waals surface area (Å²) in [5.74, 6) is 0.330. The molecule has 0 aliphatic heterocycles. The van der Waals surface area contributed by atoms with Crippen LogP contribution in [0.2, 0.25) is 5.15 Å². The van der Waals surface area contributed by atoms with E-state index in [1.54, 1.807) is 11.7 Å². The lowest BCUT2D eigenvalue weighted by atomic mass is 9.98. The van der Waals surface area contributed by atoms with Gasteiger partial charge in [0.15, 0.2) is 0 Å². The molecule has 1 rings (SSSR count). The largest absolute Gasteiger partial charge is 0.299 e. The van der Waals surface area contributed by atoms with Gasteiger partial charge in [-0.3, -0.25) is 9.48 Å². The minimum absolute atomic E-state index is 0.0978. The Morgan fingerprint density at radius 3 is 2.60 bits per heavy atom. The van der Waals surface area contributed by atoms with Gasteiger partial charge in [0.1, 0.15) is 10.9 Å². The third-order valence-corrected chi connectivity index (χ3v) is 3.26. The molecule has 4 heteroatoms. The normalized spacial score (nSPS) is 12.9. The molecule has 0 bridgehead atoms. The molecule has 1 aromatic heterocycles. The SMILES string of the molecule is CCC(C)C(=O)Cc1c(C)nn(C)c1Cl. The Kier molecular flexibility index (Phi) is 3.91. The van der Waals surface area contributed by atoms with Crippen molar-refractivity contribution in [2.24, 2.45) is 13.0 Å². The fourth-order valence-electron chi connectivity index (χ4n) is 1.45. The van der Waals surface area contributed by atoms with Crippen molar-refractivity contribution in [3.63, 3.8) is 0 Å². The molecule has 3 nitrogen and oxygen atoms in total. The van der Waals surface area contributed by atoms with Gasteiger partial charge in [0.2, 0.25) is 0 Å². The lowest BCUT2D eigenvalue weighted by molar-refractivity contribution is -0.121. The number of hydrogen-bond acceptors (Lipinski definition) is 2. The minimum Gasteiger partial charge on any atom is -0.299 e. The van der Waals surface area contributed by atoms with E-state index in [9.17, 15) is 4.79 Å². The van der Waals surface area contributed by atoms with E-state index in [-0.39, 0.29) is 11.7 Å². The predicted molar refractivity (Wildman–Crippen MR) is 61.1 cm³/mol. The molecule has 0 radical (unpaired) electrons. The molecule has 1 atom stereocenters. The van der Waals surface area contributed by atoms with Crippen molar-refractivity contribution in [1.29, 1.82) is 0 Å². The third-order valence-electron chi connectivity index (χ3n) is 2.78. The number of Topliss-reactive ketones (excluding diaryl/α,β-unsaturated/α-hetero) is 1. The van der Waals surface area contributed by atoms with Crippen LogP contribution in [-0.2, 0) is 18.3 Å². The van der Waals surface area contributed by atoms with E-state index in [0.29, 0.717) is 11.6 Å². The number of aromatic nitrogens is 2. The number of nitrogens with zero attached hydrogens (tertiary/aromatic N) is 2. The van der Waals surface area contributed by atoms with Crippen LogP contribution in [0.4, 0.5) is 0 Å². The van der Waals surface area contributed by atoms with Gasteiger partial charge in [-0.15, -0.1) is 0 Å². The first kappa shape index (κ1) is 12.2. The number of carbonyl (C=O) groups excluding carboxylic acids is 1. The van der Waals surface area contributed by atoms with E-state index in [0.717, 1.165) is 17.7 Å². The van der Waals surface area contributed by atoms with Crippen LogP contribution in [0.1, 0.15) is 31.5 Å². The van der Waals surface area contributed by atoms with E-state index in [4.69, 9.17) is 11.6 Å². The van der Waals surface area contributed by atoms with Gasteiger partial charge in [0, 0.05) is 24.9 Å². The first-order valence-corrected chi connectivity index (χ1v) is 5.55. The second-order valence-electron chi connectivity index (χ2n) is 3.93. The Balaban J connectivity index is 2.85. The van der Waals surface area contributed by atoms with Crippen LogP contribution >= 0.6 is 11.6 Å². The second-order valence-corrected chi connectivity index (χ2v) is 4.29. The van der Waals surface area contributed by atoms with Crippen molar-refractivity contribution in [3.05, 3.63) is 16.4 Å². The summed E-state index contributed by atoms with van der Waals surface area (Å²) in [4.78, 5) is 11.8. The lowest BCUT2D eigenvalue weighted by Gasteiger charge is -2.06. The Bertz CT molecular complexity index is 371. The molecule has 1 unspecified atom stereocenters. The molecular formula is C11H17ClN2O. The van der Waals surface area contributed by atoms with Gasteiger partial charge in [0.25, 0.3) is 0 Å². The van der Waals surface area contributed by atoms with Crippen LogP contribution in [0.15, 0.2) is 0 Å². The minimum atomic E-state index is 0.0978. The highest BCUT2D eigenvalue weighted by molar-refractivity contribution is 6.30. The summed E-state index contributed by atoms with van der Waals surface area (Å²) < 4.78 is 1.61. The third kappa shape index (κ3) is 2.59. The smallest absolute Gasteiger partial charge is 0.140 e. The van der Waals surface area contributed by atoms with Gasteiger partial charge >= 0.3 is 0 Å². The molecule has 15 heavy (non-hydrogen) atoms. The van der Waals surface area contributed by atoms with Crippen LogP contribution in [0, 0.1) is 12.8 Å². The molecule has 1 aromatic rings. The van der Waals surface area contributed by atoms with Crippen LogP contribution in [-0.4, -0.2) is 15.6 Å². The van der Waals surface area contributed by atoms with Crippen molar-refractivity contribution in [3.8, 4) is 0 Å². The topological polar surface area (TPSA) is 34.9 Å². The van der Waals surface area contributed by atoms with E-state index < -0.39 is 0 Å². The molecule has 84 valence electrons. The van der Waals surface area contributed by atoms with Crippen molar-refractivity contribution < 1.29 is 4.79 Å². The molecule has 0 aliphatic carbocycles. The monoisotopic (exact) mass is 228 g/mol. The van der Waals surface area contributed by atoms with Crippen molar-refractivity contribution in [1.82, 2.24) is 9.78 Å². The molecule has 0 aromatic carbocycles. The van der Waals surface area contributed by atoms with Gasteiger partial charge in [-0.05, 0) is 13.3 Å². The fraction of sp³-hybridized carbons (Fsp3) is 0.636. The summed E-state index contributed by atoms with van der Waals surface area (Å²) in [7, 11) is 1.78. The summed E-state index contributed by atoms with van der Waals surface area (Å²) in [6.45, 7) is 5.84. The number of ketones is 1. The quantitative estimate of drug-likeness (QED) is 0.794. The molecule has 0 saturated heterocycles. The number of hydrogen-bond donors (Lipinski definition) is 0. The van der Waals surface area contributed by atoms with E-state index in [2.05, 4.69) is 5.10 Å². The molecule has 0 N–H and O–H groups in total. The molecule has 0 fully saturated rings. The first-order chi connectivity index (χ1) is 6.97. The number of carbonyl (C=O) groups is 1. The molecule has 1 heterocycles. The zero-order valence-corrected chi connectivity index (χ0v) is 10.4. The Morgan fingerprint density at radius 1 is 1.60 bits per heavy atom.